The lowest BCUT2D eigenvalue weighted by atomic mass is 9.69. The molecule has 0 unspecified atom stereocenters. The molecule has 3 atom stereocenters. The monoisotopic (exact) mass is 472 g/mol. The fourth-order valence-corrected chi connectivity index (χ4v) is 5.75. The van der Waals surface area contributed by atoms with Crippen LogP contribution in [-0.2, 0) is 11.2 Å². The van der Waals surface area contributed by atoms with Crippen LogP contribution < -0.4 is 4.90 Å². The van der Waals surface area contributed by atoms with Gasteiger partial charge in [0.05, 0.1) is 34.7 Å². The van der Waals surface area contributed by atoms with Crippen molar-refractivity contribution in [1.82, 2.24) is 14.9 Å². The minimum atomic E-state index is -2.73. The number of fused-ring (bicyclic) bond motifs is 5. The number of aliphatic imine (C=N–C) groups is 2. The van der Waals surface area contributed by atoms with E-state index in [0.29, 0.717) is 36.4 Å². The number of ether oxygens (including phenoxy) is 1. The van der Waals surface area contributed by atoms with Gasteiger partial charge in [-0.15, -0.1) is 0 Å². The van der Waals surface area contributed by atoms with Crippen molar-refractivity contribution in [2.24, 2.45) is 15.4 Å². The quantitative estimate of drug-likeness (QED) is 0.563. The number of anilines is 1. The molecule has 1 saturated heterocycles. The topological polar surface area (TPSA) is 81.0 Å². The molecule has 1 spiro atoms. The molecule has 178 valence electrons. The van der Waals surface area contributed by atoms with E-state index >= 15 is 4.39 Å². The number of hydrogen-bond donors (Lipinski definition) is 0. The van der Waals surface area contributed by atoms with Gasteiger partial charge in [0.1, 0.15) is 12.4 Å². The van der Waals surface area contributed by atoms with Crippen LogP contribution >= 0.6 is 0 Å². The summed E-state index contributed by atoms with van der Waals surface area (Å²) in [5.74, 6) is -0.358. The molecule has 3 aliphatic heterocycles. The number of aromatic nitrogens is 3. The summed E-state index contributed by atoms with van der Waals surface area (Å²) in [7, 11) is 0. The zero-order valence-electron chi connectivity index (χ0n) is 18.9. The molecule has 8 nitrogen and oxygen atoms in total. The normalized spacial score (nSPS) is 25.4. The number of nitrogens with zero attached hydrogens (tertiary/aromatic N) is 6. The summed E-state index contributed by atoms with van der Waals surface area (Å²) >= 11 is 0. The third-order valence-electron chi connectivity index (χ3n) is 6.91. The Kier molecular flexibility index (Phi) is 4.64. The average Bonchev–Trinajstić information content (AvgIpc) is 3.37. The van der Waals surface area contributed by atoms with E-state index < -0.39 is 17.7 Å². The van der Waals surface area contributed by atoms with E-state index in [1.165, 1.54) is 10.7 Å². The van der Waals surface area contributed by atoms with E-state index in [0.717, 1.165) is 5.56 Å². The Morgan fingerprint density at radius 3 is 2.65 bits per heavy atom. The molecule has 0 amide bonds. The van der Waals surface area contributed by atoms with Crippen molar-refractivity contribution >= 4 is 29.1 Å². The maximum atomic E-state index is 16.1. The predicted octanol–water partition coefficient (Wildman–Crippen LogP) is 4.04. The molecule has 1 aromatic carbocycles. The number of aryl methyl sites for hydroxylation is 1. The van der Waals surface area contributed by atoms with Crippen LogP contribution in [0.5, 0.6) is 0 Å². The van der Waals surface area contributed by atoms with Gasteiger partial charge in [0.25, 0.3) is 6.43 Å². The molecule has 0 N–H and O–H groups in total. The molecule has 3 aromatic rings. The van der Waals surface area contributed by atoms with Gasteiger partial charge in [-0.25, -0.2) is 17.9 Å². The molecule has 1 fully saturated rings. The van der Waals surface area contributed by atoms with Gasteiger partial charge in [0, 0.05) is 24.7 Å². The Balaban J connectivity index is 1.56. The van der Waals surface area contributed by atoms with Crippen molar-refractivity contribution in [1.29, 1.82) is 0 Å². The Labute approximate surface area is 193 Å². The first-order valence-electron chi connectivity index (χ1n) is 11.2. The van der Waals surface area contributed by atoms with Crippen LogP contribution in [0, 0.1) is 18.2 Å². The van der Waals surface area contributed by atoms with E-state index in [9.17, 15) is 8.78 Å². The lowest BCUT2D eigenvalue weighted by Gasteiger charge is -2.54. The summed E-state index contributed by atoms with van der Waals surface area (Å²) < 4.78 is 55.3. The second-order valence-electron chi connectivity index (χ2n) is 9.31. The number of halogens is 3. The summed E-state index contributed by atoms with van der Waals surface area (Å²) in [6.45, 7) is 6.44. The highest BCUT2D eigenvalue weighted by Crippen LogP contribution is 2.47. The van der Waals surface area contributed by atoms with Gasteiger partial charge in [-0.05, 0) is 44.9 Å². The number of benzene rings is 1. The predicted molar refractivity (Wildman–Crippen MR) is 120 cm³/mol. The van der Waals surface area contributed by atoms with Gasteiger partial charge in [-0.1, -0.05) is 5.16 Å². The molecule has 5 heterocycles. The highest BCUT2D eigenvalue weighted by atomic mass is 19.3. The summed E-state index contributed by atoms with van der Waals surface area (Å²) in [4.78, 5) is 10.9. The standard InChI is InChI=1S/C23H23F3N6O2/c1-11-4-16(21(25)26)29-32(11)22-15-5-14-6-23(8-27-10-28-9-23)20-13(3)33-12(2)7-31(20)18(14)17(24)19(15)34-30-22/h4-5,8-9,12-13,20-21H,6-7,10H2,1-3H3/t12-,13+,20-/m0/s1. The van der Waals surface area contributed by atoms with Crippen LogP contribution in [-0.4, -0.2) is 58.8 Å². The Morgan fingerprint density at radius 2 is 1.94 bits per heavy atom. The minimum Gasteiger partial charge on any atom is -0.372 e. The fraction of sp³-hybridized carbons (Fsp3) is 0.478. The molecule has 0 saturated carbocycles. The first-order valence-corrected chi connectivity index (χ1v) is 11.2. The summed E-state index contributed by atoms with van der Waals surface area (Å²) in [6.07, 6.45) is 1.24. The lowest BCUT2D eigenvalue weighted by Crippen LogP contribution is -2.65. The maximum Gasteiger partial charge on any atom is 0.282 e. The second-order valence-corrected chi connectivity index (χ2v) is 9.31. The number of hydrogen-bond acceptors (Lipinski definition) is 7. The van der Waals surface area contributed by atoms with Crippen molar-refractivity contribution < 1.29 is 22.4 Å². The van der Waals surface area contributed by atoms with E-state index in [-0.39, 0.29) is 35.3 Å². The first-order chi connectivity index (χ1) is 16.3. The SMILES string of the molecule is Cc1cc(C(F)F)nn1-c1noc2c(F)c3c(cc12)CC1(C=NCN=C1)[C@@H]1[C@@H](C)O[C@@H](C)CN31. The van der Waals surface area contributed by atoms with E-state index in [4.69, 9.17) is 9.26 Å². The largest absolute Gasteiger partial charge is 0.372 e. The third-order valence-corrected chi connectivity index (χ3v) is 6.91. The molecule has 34 heavy (non-hydrogen) atoms. The smallest absolute Gasteiger partial charge is 0.282 e. The van der Waals surface area contributed by atoms with Crippen LogP contribution in [0.2, 0.25) is 0 Å². The van der Waals surface area contributed by atoms with Crippen LogP contribution in [0.3, 0.4) is 0 Å². The van der Waals surface area contributed by atoms with Gasteiger partial charge in [0.15, 0.2) is 5.82 Å². The Hall–Kier alpha value is -3.21. The van der Waals surface area contributed by atoms with Gasteiger partial charge < -0.3 is 14.2 Å². The van der Waals surface area contributed by atoms with Crippen molar-refractivity contribution in [3.05, 3.63) is 34.9 Å². The number of rotatable bonds is 2. The molecule has 0 aliphatic carbocycles. The van der Waals surface area contributed by atoms with Crippen LogP contribution in [0.4, 0.5) is 18.9 Å². The van der Waals surface area contributed by atoms with Crippen molar-refractivity contribution in [3.8, 4) is 5.82 Å². The maximum absolute atomic E-state index is 16.1. The zero-order valence-corrected chi connectivity index (χ0v) is 18.9. The second kappa shape index (κ2) is 7.39. The molecule has 0 bridgehead atoms. The third kappa shape index (κ3) is 2.95. The van der Waals surface area contributed by atoms with Crippen LogP contribution in [0.25, 0.3) is 16.8 Å². The molecule has 3 aliphatic rings. The lowest BCUT2D eigenvalue weighted by molar-refractivity contribution is -0.0432. The van der Waals surface area contributed by atoms with E-state index in [2.05, 4.69) is 20.2 Å². The van der Waals surface area contributed by atoms with E-state index in [1.807, 2.05) is 37.2 Å². The van der Waals surface area contributed by atoms with Crippen LogP contribution in [0.15, 0.2) is 26.6 Å². The minimum absolute atomic E-state index is 0.0327. The summed E-state index contributed by atoms with van der Waals surface area (Å²) in [6, 6.07) is 2.91. The van der Waals surface area contributed by atoms with Gasteiger partial charge in [-0.2, -0.15) is 5.10 Å². The average molecular weight is 472 g/mol. The van der Waals surface area contributed by atoms with Crippen LogP contribution in [0.1, 0.15) is 37.2 Å². The Morgan fingerprint density at radius 1 is 1.18 bits per heavy atom. The summed E-state index contributed by atoms with van der Waals surface area (Å²) in [5, 5.41) is 8.35. The van der Waals surface area contributed by atoms with Crippen molar-refractivity contribution in [3.63, 3.8) is 0 Å². The molecule has 2 aromatic heterocycles. The highest BCUT2D eigenvalue weighted by molar-refractivity contribution is 5.96. The van der Waals surface area contributed by atoms with Gasteiger partial charge in [-0.3, -0.25) is 9.98 Å². The van der Waals surface area contributed by atoms with Gasteiger partial charge in [0.2, 0.25) is 11.4 Å². The highest BCUT2D eigenvalue weighted by Gasteiger charge is 2.52. The molecular weight excluding hydrogens is 449 g/mol. The number of alkyl halides is 2. The summed E-state index contributed by atoms with van der Waals surface area (Å²) in [5.41, 5.74) is 0.667. The van der Waals surface area contributed by atoms with Crippen molar-refractivity contribution in [2.75, 3.05) is 18.1 Å². The fourth-order valence-electron chi connectivity index (χ4n) is 5.75. The number of morpholine rings is 1. The molecular formula is C23H23F3N6O2. The van der Waals surface area contributed by atoms with Gasteiger partial charge >= 0.3 is 0 Å². The molecule has 6 rings (SSSR count). The first kappa shape index (κ1) is 21.3. The van der Waals surface area contributed by atoms with E-state index in [1.54, 1.807) is 6.92 Å². The molecule has 0 radical (unpaired) electrons. The van der Waals surface area contributed by atoms with Crippen molar-refractivity contribution in [2.45, 2.75) is 51.9 Å². The Bertz CT molecular complexity index is 1330. The molecule has 11 heteroatoms. The zero-order chi connectivity index (χ0) is 23.8.